The Balaban J connectivity index is 2.75. The summed E-state index contributed by atoms with van der Waals surface area (Å²) in [5.74, 6) is -0.440. The van der Waals surface area contributed by atoms with Gasteiger partial charge in [0, 0.05) is 0 Å². The summed E-state index contributed by atoms with van der Waals surface area (Å²) in [6, 6.07) is 0. The van der Waals surface area contributed by atoms with Crippen molar-refractivity contribution in [3.63, 3.8) is 0 Å². The fourth-order valence-electron chi connectivity index (χ4n) is 0.513. The van der Waals surface area contributed by atoms with Gasteiger partial charge in [-0.25, -0.2) is 13.4 Å². The van der Waals surface area contributed by atoms with Gasteiger partial charge in [-0.05, 0) is 0 Å². The number of H-pyrrole nitrogens is 1. The zero-order valence-electron chi connectivity index (χ0n) is 4.90. The molecule has 0 bridgehead atoms. The SMILES string of the molecule is O=S(=O)([O-])Cc1[nH+]ccs1. The van der Waals surface area contributed by atoms with Crippen LogP contribution in [0.25, 0.3) is 0 Å². The van der Waals surface area contributed by atoms with Crippen LogP contribution in [0.3, 0.4) is 0 Å². The van der Waals surface area contributed by atoms with Gasteiger partial charge in [-0.1, -0.05) is 11.3 Å². The number of rotatable bonds is 2. The first kappa shape index (κ1) is 7.64. The Morgan fingerprint density at radius 3 is 2.80 bits per heavy atom. The molecule has 1 aromatic heterocycles. The third-order valence-electron chi connectivity index (χ3n) is 0.831. The highest BCUT2D eigenvalue weighted by atomic mass is 32.2. The first-order valence-electron chi connectivity index (χ1n) is 2.45. The van der Waals surface area contributed by atoms with Crippen molar-refractivity contribution in [2.75, 3.05) is 0 Å². The van der Waals surface area contributed by atoms with Gasteiger partial charge in [0.1, 0.15) is 15.9 Å². The van der Waals surface area contributed by atoms with Crippen LogP contribution in [0.2, 0.25) is 0 Å². The van der Waals surface area contributed by atoms with Crippen molar-refractivity contribution < 1.29 is 18.0 Å². The van der Waals surface area contributed by atoms with E-state index in [1.54, 1.807) is 11.6 Å². The van der Waals surface area contributed by atoms with Gasteiger partial charge >= 0.3 is 0 Å². The van der Waals surface area contributed by atoms with Gasteiger partial charge in [0.05, 0.1) is 5.38 Å². The summed E-state index contributed by atoms with van der Waals surface area (Å²) in [6.45, 7) is 0. The molecule has 10 heavy (non-hydrogen) atoms. The van der Waals surface area contributed by atoms with Crippen LogP contribution in [0.1, 0.15) is 5.01 Å². The van der Waals surface area contributed by atoms with Crippen LogP contribution in [-0.2, 0) is 15.9 Å². The van der Waals surface area contributed by atoms with E-state index in [2.05, 4.69) is 4.98 Å². The molecule has 0 amide bonds. The smallest absolute Gasteiger partial charge is 0.249 e. The van der Waals surface area contributed by atoms with Crippen LogP contribution in [0.5, 0.6) is 0 Å². The maximum Gasteiger partial charge on any atom is 0.249 e. The molecule has 0 spiro atoms. The fourth-order valence-corrected chi connectivity index (χ4v) is 2.06. The van der Waals surface area contributed by atoms with Crippen molar-refractivity contribution in [3.8, 4) is 0 Å². The molecule has 0 aliphatic heterocycles. The second kappa shape index (κ2) is 2.65. The van der Waals surface area contributed by atoms with Crippen LogP contribution < -0.4 is 4.98 Å². The zero-order chi connectivity index (χ0) is 7.61. The van der Waals surface area contributed by atoms with Crippen molar-refractivity contribution in [2.24, 2.45) is 0 Å². The van der Waals surface area contributed by atoms with E-state index >= 15 is 0 Å². The third-order valence-corrected chi connectivity index (χ3v) is 2.47. The van der Waals surface area contributed by atoms with E-state index < -0.39 is 15.9 Å². The number of thiazole rings is 1. The minimum absolute atomic E-state index is 0.440. The normalized spacial score (nSPS) is 11.7. The molecular weight excluding hydrogens is 174 g/mol. The Morgan fingerprint density at radius 1 is 1.70 bits per heavy atom. The number of hydrogen-bond donors (Lipinski definition) is 0. The molecule has 0 radical (unpaired) electrons. The van der Waals surface area contributed by atoms with Crippen LogP contribution in [0, 0.1) is 0 Å². The molecule has 0 fully saturated rings. The van der Waals surface area contributed by atoms with E-state index in [-0.39, 0.29) is 0 Å². The molecule has 0 aromatic carbocycles. The molecule has 0 atom stereocenters. The highest BCUT2D eigenvalue weighted by Crippen LogP contribution is 2.02. The van der Waals surface area contributed by atoms with Crippen molar-refractivity contribution in [2.45, 2.75) is 5.75 Å². The van der Waals surface area contributed by atoms with Gasteiger partial charge in [-0.2, -0.15) is 0 Å². The Labute approximate surface area is 62.3 Å². The van der Waals surface area contributed by atoms with Crippen LogP contribution in [-0.4, -0.2) is 13.0 Å². The third kappa shape index (κ3) is 2.42. The van der Waals surface area contributed by atoms with Crippen molar-refractivity contribution in [1.29, 1.82) is 0 Å². The second-order valence-electron chi connectivity index (χ2n) is 1.69. The molecule has 0 aliphatic carbocycles. The van der Waals surface area contributed by atoms with Gasteiger partial charge in [-0.15, -0.1) is 0 Å². The summed E-state index contributed by atoms with van der Waals surface area (Å²) in [4.78, 5) is 2.63. The maximum atomic E-state index is 10.1. The summed E-state index contributed by atoms with van der Waals surface area (Å²) in [7, 11) is -4.12. The number of hydrogen-bond acceptors (Lipinski definition) is 4. The minimum Gasteiger partial charge on any atom is -0.747 e. The maximum absolute atomic E-state index is 10.1. The second-order valence-corrected chi connectivity index (χ2v) is 4.09. The van der Waals surface area contributed by atoms with E-state index in [4.69, 9.17) is 0 Å². The standard InChI is InChI=1S/C4H5NO3S2/c6-10(7,8)3-4-5-1-2-9-4/h1-2H,3H2,(H,6,7,8). The highest BCUT2D eigenvalue weighted by molar-refractivity contribution is 7.85. The van der Waals surface area contributed by atoms with Crippen LogP contribution in [0.15, 0.2) is 11.6 Å². The van der Waals surface area contributed by atoms with E-state index in [9.17, 15) is 13.0 Å². The van der Waals surface area contributed by atoms with Gasteiger partial charge in [0.25, 0.3) is 0 Å². The summed E-state index contributed by atoms with van der Waals surface area (Å²) in [6.07, 6.45) is 1.59. The Morgan fingerprint density at radius 2 is 2.40 bits per heavy atom. The lowest BCUT2D eigenvalue weighted by Gasteiger charge is -1.98. The van der Waals surface area contributed by atoms with Gasteiger partial charge in [0.2, 0.25) is 5.01 Å². The molecule has 6 heteroatoms. The largest absolute Gasteiger partial charge is 0.747 e. The average molecular weight is 179 g/mol. The fraction of sp³-hybridized carbons (Fsp3) is 0.250. The predicted molar refractivity (Wildman–Crippen MR) is 34.3 cm³/mol. The van der Waals surface area contributed by atoms with E-state index in [1.165, 1.54) is 11.3 Å². The predicted octanol–water partition coefficient (Wildman–Crippen LogP) is -0.393. The lowest BCUT2D eigenvalue weighted by Crippen LogP contribution is -2.09. The molecule has 1 N–H and O–H groups in total. The first-order chi connectivity index (χ1) is 4.58. The lowest BCUT2D eigenvalue weighted by molar-refractivity contribution is -0.380. The molecule has 0 saturated heterocycles. The summed E-state index contributed by atoms with van der Waals surface area (Å²) < 4.78 is 30.4. The topological polar surface area (TPSA) is 71.3 Å². The lowest BCUT2D eigenvalue weighted by atomic mass is 10.8. The Bertz CT molecular complexity index is 288. The molecule has 56 valence electrons. The van der Waals surface area contributed by atoms with Gasteiger partial charge in [-0.3, -0.25) is 0 Å². The molecule has 0 unspecified atom stereocenters. The van der Waals surface area contributed by atoms with Crippen molar-refractivity contribution >= 4 is 21.5 Å². The summed E-state index contributed by atoms with van der Waals surface area (Å²) >= 11 is 1.22. The minimum atomic E-state index is -4.12. The molecule has 0 saturated carbocycles. The van der Waals surface area contributed by atoms with Crippen LogP contribution in [0.4, 0.5) is 0 Å². The molecule has 0 aliphatic rings. The van der Waals surface area contributed by atoms with Gasteiger partial charge < -0.3 is 4.55 Å². The van der Waals surface area contributed by atoms with Gasteiger partial charge in [0.15, 0.2) is 6.20 Å². The molecular formula is C4H5NO3S2. The summed E-state index contributed by atoms with van der Waals surface area (Å²) in [5.41, 5.74) is 0. The van der Waals surface area contributed by atoms with E-state index in [0.717, 1.165) is 0 Å². The number of aromatic amines is 1. The van der Waals surface area contributed by atoms with E-state index in [1.807, 2.05) is 0 Å². The Hall–Kier alpha value is -0.460. The monoisotopic (exact) mass is 179 g/mol. The first-order valence-corrected chi connectivity index (χ1v) is 4.91. The highest BCUT2D eigenvalue weighted by Gasteiger charge is 2.05. The van der Waals surface area contributed by atoms with Crippen molar-refractivity contribution in [1.82, 2.24) is 0 Å². The average Bonchev–Trinajstić information content (AvgIpc) is 2.12. The van der Waals surface area contributed by atoms with E-state index in [0.29, 0.717) is 5.01 Å². The zero-order valence-corrected chi connectivity index (χ0v) is 6.54. The summed E-state index contributed by atoms with van der Waals surface area (Å²) in [5, 5.41) is 2.15. The number of nitrogens with one attached hydrogen (secondary N) is 1. The molecule has 1 heterocycles. The van der Waals surface area contributed by atoms with Crippen molar-refractivity contribution in [3.05, 3.63) is 16.6 Å². The molecule has 4 nitrogen and oxygen atoms in total. The molecule has 1 rings (SSSR count). The number of aromatic nitrogens is 1. The quantitative estimate of drug-likeness (QED) is 0.580. The Kier molecular flexibility index (Phi) is 2.02. The van der Waals surface area contributed by atoms with Crippen LogP contribution >= 0.6 is 11.3 Å². The molecule has 1 aromatic rings.